The quantitative estimate of drug-likeness (QED) is 0.483. The van der Waals surface area contributed by atoms with Gasteiger partial charge >= 0.3 is 6.18 Å². The number of aryl methyl sites for hydroxylation is 2. The number of fused-ring (bicyclic) bond motifs is 5. The number of imidazole rings is 1. The molecule has 2 N–H and O–H groups in total. The van der Waals surface area contributed by atoms with Crippen LogP contribution in [-0.4, -0.2) is 44.8 Å². The molecule has 0 atom stereocenters. The molecule has 0 aromatic carbocycles. The largest absolute Gasteiger partial charge is 0.420 e. The number of H-pyrrole nitrogens is 1. The van der Waals surface area contributed by atoms with Gasteiger partial charge in [0.25, 0.3) is 5.82 Å². The number of halogens is 3. The number of aliphatic imine (C=N–C) groups is 3. The molecular weight excluding hydrogens is 541 g/mol. The van der Waals surface area contributed by atoms with E-state index in [1.165, 1.54) is 12.1 Å². The molecular formula is C31H26F3N8+. The highest BCUT2D eigenvalue weighted by Gasteiger charge is 2.40. The molecule has 5 aliphatic heterocycles. The molecule has 7 heterocycles. The summed E-state index contributed by atoms with van der Waals surface area (Å²) in [6.07, 6.45) is 13.3. The Hall–Kier alpha value is -5.19. The minimum Gasteiger partial charge on any atom is -0.354 e. The predicted octanol–water partition coefficient (Wildman–Crippen LogP) is 4.86. The molecule has 210 valence electrons. The maximum absolute atomic E-state index is 14.7. The zero-order chi connectivity index (χ0) is 29.3. The van der Waals surface area contributed by atoms with E-state index >= 15 is 0 Å². The summed E-state index contributed by atoms with van der Waals surface area (Å²) in [5.74, 6) is 1.45. The number of aromatic amines is 1. The van der Waals surface area contributed by atoms with Gasteiger partial charge in [0.05, 0.1) is 65.3 Å². The van der Waals surface area contributed by atoms with E-state index in [1.807, 2.05) is 85.0 Å². The Morgan fingerprint density at radius 2 is 1.45 bits per heavy atom. The number of nitrogens with zero attached hydrogens (tertiary/aromatic N) is 6. The van der Waals surface area contributed by atoms with Crippen molar-refractivity contribution in [2.45, 2.75) is 13.1 Å². The third-order valence-corrected chi connectivity index (χ3v) is 7.73. The van der Waals surface area contributed by atoms with Crippen molar-refractivity contribution in [1.29, 1.82) is 0 Å². The second-order valence-corrected chi connectivity index (χ2v) is 10.4. The minimum absolute atomic E-state index is 0.0878. The van der Waals surface area contributed by atoms with E-state index in [1.54, 1.807) is 18.3 Å². The van der Waals surface area contributed by atoms with Crippen molar-refractivity contribution < 1.29 is 17.7 Å². The molecule has 2 aromatic rings. The zero-order valence-corrected chi connectivity index (χ0v) is 23.2. The van der Waals surface area contributed by atoms with Gasteiger partial charge < -0.3 is 15.2 Å². The highest BCUT2D eigenvalue weighted by Crippen LogP contribution is 2.40. The normalized spacial score (nSPS) is 21.3. The number of hydrogen-bond acceptors (Lipinski definition) is 5. The lowest BCUT2D eigenvalue weighted by molar-refractivity contribution is -0.673. The topological polar surface area (TPSA) is 77.0 Å². The summed E-state index contributed by atoms with van der Waals surface area (Å²) >= 11 is 0. The molecule has 0 fully saturated rings. The van der Waals surface area contributed by atoms with E-state index in [0.29, 0.717) is 39.8 Å². The molecule has 42 heavy (non-hydrogen) atoms. The van der Waals surface area contributed by atoms with E-state index in [4.69, 9.17) is 9.98 Å². The lowest BCUT2D eigenvalue weighted by atomic mass is 10.1. The van der Waals surface area contributed by atoms with Gasteiger partial charge in [-0.25, -0.2) is 24.1 Å². The van der Waals surface area contributed by atoms with E-state index in [9.17, 15) is 13.2 Å². The van der Waals surface area contributed by atoms with Gasteiger partial charge in [0.1, 0.15) is 29.4 Å². The first-order valence-electron chi connectivity index (χ1n) is 13.3. The maximum atomic E-state index is 14.7. The molecule has 8 nitrogen and oxygen atoms in total. The zero-order valence-electron chi connectivity index (χ0n) is 23.2. The van der Waals surface area contributed by atoms with Crippen molar-refractivity contribution in [2.24, 2.45) is 29.1 Å². The van der Waals surface area contributed by atoms with Gasteiger partial charge in [-0.05, 0) is 55.5 Å². The molecule has 0 spiro atoms. The molecule has 2 aromatic heterocycles. The summed E-state index contributed by atoms with van der Waals surface area (Å²) < 4.78 is 48.0. The van der Waals surface area contributed by atoms with Crippen molar-refractivity contribution in [1.82, 2.24) is 19.8 Å². The van der Waals surface area contributed by atoms with E-state index < -0.39 is 11.7 Å². The molecule has 0 unspecified atom stereocenters. The van der Waals surface area contributed by atoms with Crippen LogP contribution in [-0.2, 0) is 14.1 Å². The molecule has 11 heteroatoms. The van der Waals surface area contributed by atoms with Gasteiger partial charge in [-0.3, -0.25) is 0 Å². The van der Waals surface area contributed by atoms with Crippen molar-refractivity contribution in [2.75, 3.05) is 7.05 Å². The van der Waals surface area contributed by atoms with Crippen LogP contribution < -0.4 is 9.88 Å². The molecule has 8 bridgehead atoms. The van der Waals surface area contributed by atoms with Gasteiger partial charge in [-0.15, -0.1) is 0 Å². The number of allylic oxidation sites excluding steroid dienone is 10. The minimum atomic E-state index is -4.68. The lowest BCUT2D eigenvalue weighted by Gasteiger charge is -2.17. The van der Waals surface area contributed by atoms with Gasteiger partial charge in [0.2, 0.25) is 0 Å². The second-order valence-electron chi connectivity index (χ2n) is 10.4. The molecule has 0 aliphatic carbocycles. The van der Waals surface area contributed by atoms with Crippen molar-refractivity contribution in [3.63, 3.8) is 0 Å². The smallest absolute Gasteiger partial charge is 0.354 e. The number of nitrogens with one attached hydrogen (secondary N) is 2. The average molecular weight is 568 g/mol. The highest BCUT2D eigenvalue weighted by molar-refractivity contribution is 6.33. The van der Waals surface area contributed by atoms with Crippen LogP contribution in [0.1, 0.15) is 24.1 Å². The van der Waals surface area contributed by atoms with Crippen molar-refractivity contribution >= 4 is 33.9 Å². The first kappa shape index (κ1) is 25.8. The Balaban J connectivity index is 1.55. The summed E-state index contributed by atoms with van der Waals surface area (Å²) in [6.45, 7) is 1.97. The predicted molar refractivity (Wildman–Crippen MR) is 157 cm³/mol. The fourth-order valence-corrected chi connectivity index (χ4v) is 5.66. The number of rotatable bonds is 1. The fraction of sp³-hybridized carbons (Fsp3) is 0.161. The summed E-state index contributed by atoms with van der Waals surface area (Å²) in [7, 11) is 5.63. The first-order chi connectivity index (χ1) is 20.1. The summed E-state index contributed by atoms with van der Waals surface area (Å²) in [5, 5.41) is 3.21. The molecule has 0 saturated carbocycles. The van der Waals surface area contributed by atoms with Gasteiger partial charge in [-0.1, -0.05) is 0 Å². The van der Waals surface area contributed by atoms with Crippen molar-refractivity contribution in [3.8, 4) is 0 Å². The van der Waals surface area contributed by atoms with Crippen LogP contribution in [0.2, 0.25) is 0 Å². The van der Waals surface area contributed by atoms with Crippen LogP contribution in [0.5, 0.6) is 0 Å². The van der Waals surface area contributed by atoms with E-state index in [0.717, 1.165) is 22.8 Å². The molecule has 0 radical (unpaired) electrons. The maximum Gasteiger partial charge on any atom is 0.420 e. The van der Waals surface area contributed by atoms with Gasteiger partial charge in [0, 0.05) is 25.0 Å². The average Bonchev–Trinajstić information content (AvgIpc) is 3.77. The van der Waals surface area contributed by atoms with Crippen molar-refractivity contribution in [3.05, 3.63) is 119 Å². The Labute approximate surface area is 239 Å². The number of alkyl halides is 3. The molecule has 7 rings (SSSR count). The van der Waals surface area contributed by atoms with Crippen LogP contribution in [0.25, 0.3) is 16.7 Å². The third-order valence-electron chi connectivity index (χ3n) is 7.73. The Morgan fingerprint density at radius 3 is 2.14 bits per heavy atom. The van der Waals surface area contributed by atoms with E-state index in [-0.39, 0.29) is 11.4 Å². The Morgan fingerprint density at radius 1 is 0.810 bits per heavy atom. The summed E-state index contributed by atoms with van der Waals surface area (Å²) in [6, 6.07) is 3.09. The highest BCUT2D eigenvalue weighted by atomic mass is 19.4. The molecule has 0 saturated heterocycles. The Bertz CT molecular complexity index is 1900. The monoisotopic (exact) mass is 567 g/mol. The van der Waals surface area contributed by atoms with E-state index in [2.05, 4.69) is 15.3 Å². The fourth-order valence-electron chi connectivity index (χ4n) is 5.66. The molecule has 5 aliphatic rings. The van der Waals surface area contributed by atoms with Crippen LogP contribution in [0.15, 0.2) is 117 Å². The lowest BCUT2D eigenvalue weighted by Crippen LogP contribution is -2.32. The number of hydrogen-bond donors (Lipinski definition) is 2. The van der Waals surface area contributed by atoms with Crippen LogP contribution in [0.4, 0.5) is 13.2 Å². The van der Waals surface area contributed by atoms with Crippen LogP contribution in [0, 0.1) is 0 Å². The summed E-state index contributed by atoms with van der Waals surface area (Å²) in [4.78, 5) is 19.3. The van der Waals surface area contributed by atoms with Gasteiger partial charge in [0.15, 0.2) is 0 Å². The van der Waals surface area contributed by atoms with Gasteiger partial charge in [-0.2, -0.15) is 13.2 Å². The first-order valence-corrected chi connectivity index (χ1v) is 13.3. The third kappa shape index (κ3) is 3.99. The second kappa shape index (κ2) is 9.16. The van der Waals surface area contributed by atoms with Crippen LogP contribution >= 0.6 is 0 Å². The SMILES string of the molecule is CC1=C2C=CC(=N2)C(=C2NC=CN2C)c2ccc([nH]2)C(C(F)(F)F)=C2C=CC(=N2)C(c2n(C)cc[n+]2C)=C2C=CC1=N2. The van der Waals surface area contributed by atoms with Crippen LogP contribution in [0.3, 0.4) is 0 Å². The summed E-state index contributed by atoms with van der Waals surface area (Å²) in [5.41, 5.74) is 4.57. The molecule has 0 amide bonds. The Kier molecular flexibility index (Phi) is 5.62. The standard InChI is InChI=1S/C31H25F3N8/c1-17-18-5-7-20(36-18)26(29-35-13-14-40(29)2)21-9-11-24(38-21)28(31(32,33)34)25-12-10-23(39-25)27(22-8-6-19(17)37-22)30-41(3)15-16-42(30)4/h5-16H,1-4H3,(H,36,37,38,39)/p+1. The number of aromatic nitrogens is 3.